The molecule has 1 saturated heterocycles. The maximum Gasteiger partial charge on any atom is 0.143 e. The molecule has 4 aromatic rings. The van der Waals surface area contributed by atoms with Gasteiger partial charge in [-0.05, 0) is 63.1 Å². The van der Waals surface area contributed by atoms with E-state index in [4.69, 9.17) is 9.84 Å². The van der Waals surface area contributed by atoms with Gasteiger partial charge < -0.3 is 15.4 Å². The van der Waals surface area contributed by atoms with E-state index in [1.54, 1.807) is 17.5 Å². The number of aromatic nitrogens is 5. The third kappa shape index (κ3) is 5.12. The van der Waals surface area contributed by atoms with Crippen molar-refractivity contribution in [3.8, 4) is 17.5 Å². The van der Waals surface area contributed by atoms with Crippen LogP contribution in [0, 0.1) is 11.3 Å². The molecule has 0 aromatic carbocycles. The van der Waals surface area contributed by atoms with E-state index in [1.807, 2.05) is 35.0 Å². The molecule has 38 heavy (non-hydrogen) atoms. The lowest BCUT2D eigenvalue weighted by Crippen LogP contribution is -2.41. The summed E-state index contributed by atoms with van der Waals surface area (Å²) in [5, 5.41) is 32.5. The molecule has 4 aromatic heterocycles. The Hall–Kier alpha value is -3.10. The molecule has 0 unspecified atom stereocenters. The maximum absolute atomic E-state index is 9.19. The van der Waals surface area contributed by atoms with Crippen molar-refractivity contribution in [1.82, 2.24) is 30.1 Å². The SMILES string of the molecule is CNC1CCC(c2nnc(C3(Nc4ccnc(-c5ccc6cc(C#N)cnn56)c4)CCOCC3)s2)CC1.Cl. The Balaban J connectivity index is 0.00000294. The lowest BCUT2D eigenvalue weighted by Gasteiger charge is -2.37. The number of rotatable bonds is 6. The van der Waals surface area contributed by atoms with E-state index in [1.165, 1.54) is 12.8 Å². The van der Waals surface area contributed by atoms with E-state index in [0.717, 1.165) is 58.3 Å². The van der Waals surface area contributed by atoms with E-state index in [9.17, 15) is 5.26 Å². The van der Waals surface area contributed by atoms with Crippen LogP contribution in [0.5, 0.6) is 0 Å². The van der Waals surface area contributed by atoms with Gasteiger partial charge >= 0.3 is 0 Å². The Morgan fingerprint density at radius 3 is 2.68 bits per heavy atom. The van der Waals surface area contributed by atoms with Crippen molar-refractivity contribution >= 4 is 34.9 Å². The fourth-order valence-electron chi connectivity index (χ4n) is 5.51. The summed E-state index contributed by atoms with van der Waals surface area (Å²) in [6, 6.07) is 12.6. The minimum absolute atomic E-state index is 0. The first-order valence-corrected chi connectivity index (χ1v) is 13.7. The second-order valence-electron chi connectivity index (χ2n) is 9.94. The first-order chi connectivity index (χ1) is 18.2. The van der Waals surface area contributed by atoms with Gasteiger partial charge in [0.15, 0.2) is 0 Å². The summed E-state index contributed by atoms with van der Waals surface area (Å²) >= 11 is 1.76. The quantitative estimate of drug-likeness (QED) is 0.348. The summed E-state index contributed by atoms with van der Waals surface area (Å²) in [4.78, 5) is 4.62. The maximum atomic E-state index is 9.19. The van der Waals surface area contributed by atoms with Crippen molar-refractivity contribution < 1.29 is 4.74 Å². The van der Waals surface area contributed by atoms with E-state index in [0.29, 0.717) is 30.7 Å². The molecule has 2 fully saturated rings. The summed E-state index contributed by atoms with van der Waals surface area (Å²) in [6.07, 6.45) is 9.76. The Kier molecular flexibility index (Phi) is 7.91. The number of nitriles is 1. The van der Waals surface area contributed by atoms with Gasteiger partial charge in [-0.2, -0.15) is 10.4 Å². The number of nitrogens with one attached hydrogen (secondary N) is 2. The highest BCUT2D eigenvalue weighted by molar-refractivity contribution is 7.11. The Morgan fingerprint density at radius 2 is 1.92 bits per heavy atom. The van der Waals surface area contributed by atoms with Crippen LogP contribution in [0.25, 0.3) is 16.9 Å². The molecule has 0 radical (unpaired) electrons. The van der Waals surface area contributed by atoms with E-state index in [-0.39, 0.29) is 17.9 Å². The average molecular weight is 551 g/mol. The Morgan fingerprint density at radius 1 is 1.11 bits per heavy atom. The van der Waals surface area contributed by atoms with Crippen molar-refractivity contribution in [1.29, 1.82) is 5.26 Å². The largest absolute Gasteiger partial charge is 0.381 e. The predicted octanol–water partition coefficient (Wildman–Crippen LogP) is 4.90. The molecule has 0 spiro atoms. The van der Waals surface area contributed by atoms with E-state index >= 15 is 0 Å². The Labute approximate surface area is 232 Å². The second-order valence-corrected chi connectivity index (χ2v) is 11.0. The topological polar surface area (TPSA) is 113 Å². The molecule has 11 heteroatoms. The summed E-state index contributed by atoms with van der Waals surface area (Å²) in [5.74, 6) is 0.497. The molecule has 198 valence electrons. The van der Waals surface area contributed by atoms with Crippen LogP contribution in [0.3, 0.4) is 0 Å². The third-order valence-electron chi connectivity index (χ3n) is 7.72. The van der Waals surface area contributed by atoms with Crippen LogP contribution in [-0.2, 0) is 10.3 Å². The minimum Gasteiger partial charge on any atom is -0.381 e. The van der Waals surface area contributed by atoms with Crippen molar-refractivity contribution in [2.24, 2.45) is 0 Å². The molecule has 0 amide bonds. The van der Waals surface area contributed by atoms with Gasteiger partial charge in [0.1, 0.15) is 16.1 Å². The number of hydrogen-bond acceptors (Lipinski definition) is 9. The molecule has 0 atom stereocenters. The molecule has 5 heterocycles. The summed E-state index contributed by atoms with van der Waals surface area (Å²) in [5.41, 5.74) is 3.73. The van der Waals surface area contributed by atoms with Crippen LogP contribution in [0.15, 0.2) is 42.7 Å². The van der Waals surface area contributed by atoms with Crippen LogP contribution >= 0.6 is 23.7 Å². The Bertz CT molecular complexity index is 1430. The smallest absolute Gasteiger partial charge is 0.143 e. The molecule has 0 bridgehead atoms. The number of nitrogens with zero attached hydrogens (tertiary/aromatic N) is 6. The second kappa shape index (κ2) is 11.3. The zero-order chi connectivity index (χ0) is 25.2. The molecule has 6 rings (SSSR count). The van der Waals surface area contributed by atoms with Gasteiger partial charge in [-0.15, -0.1) is 22.6 Å². The number of hydrogen-bond donors (Lipinski definition) is 2. The molecule has 9 nitrogen and oxygen atoms in total. The minimum atomic E-state index is -0.323. The molecular weight excluding hydrogens is 520 g/mol. The van der Waals surface area contributed by atoms with Crippen molar-refractivity contribution in [2.75, 3.05) is 25.6 Å². The van der Waals surface area contributed by atoms with Crippen LogP contribution < -0.4 is 10.6 Å². The molecule has 1 aliphatic carbocycles. The molecular formula is C27H31ClN8OS. The molecule has 2 N–H and O–H groups in total. The van der Waals surface area contributed by atoms with Crippen molar-refractivity contribution in [2.45, 2.75) is 56.0 Å². The van der Waals surface area contributed by atoms with Crippen LogP contribution in [-0.4, -0.2) is 51.1 Å². The van der Waals surface area contributed by atoms with E-state index < -0.39 is 0 Å². The number of halogens is 1. The van der Waals surface area contributed by atoms with Crippen LogP contribution in [0.1, 0.15) is 60.0 Å². The average Bonchev–Trinajstić information content (AvgIpc) is 3.62. The third-order valence-corrected chi connectivity index (χ3v) is 9.01. The zero-order valence-corrected chi connectivity index (χ0v) is 22.9. The number of anilines is 1. The number of ether oxygens (including phenoxy) is 1. The van der Waals surface area contributed by atoms with Gasteiger partial charge in [0, 0.05) is 49.9 Å². The lowest BCUT2D eigenvalue weighted by molar-refractivity contribution is 0.0591. The standard InChI is InChI=1S/C27H30N8OS.ClH/c1-29-20-4-2-19(3-5-20)25-33-34-26(37-25)27(9-12-36-13-10-27)32-21-8-11-30-23(15-21)24-7-6-22-14-18(16-28)17-31-35(22)24;/h6-8,11,14-15,17,19-20,29H,2-5,9-10,12-13H2,1H3,(H,30,32);1H. The first kappa shape index (κ1) is 26.5. The highest BCUT2D eigenvalue weighted by Gasteiger charge is 2.39. The predicted molar refractivity (Wildman–Crippen MR) is 150 cm³/mol. The van der Waals surface area contributed by atoms with Crippen molar-refractivity contribution in [3.63, 3.8) is 0 Å². The molecule has 1 aliphatic heterocycles. The van der Waals surface area contributed by atoms with Gasteiger partial charge in [-0.3, -0.25) is 4.98 Å². The number of fused-ring (bicyclic) bond motifs is 1. The van der Waals surface area contributed by atoms with Gasteiger partial charge in [-0.1, -0.05) is 11.3 Å². The monoisotopic (exact) mass is 550 g/mol. The fourth-order valence-corrected chi connectivity index (χ4v) is 6.73. The van der Waals surface area contributed by atoms with E-state index in [2.05, 4.69) is 45.0 Å². The highest BCUT2D eigenvalue weighted by atomic mass is 35.5. The van der Waals surface area contributed by atoms with Gasteiger partial charge in [0.05, 0.1) is 34.2 Å². The highest BCUT2D eigenvalue weighted by Crippen LogP contribution is 2.41. The molecule has 2 aliphatic rings. The fraction of sp³-hybridized carbons (Fsp3) is 0.444. The van der Waals surface area contributed by atoms with Gasteiger partial charge in [0.25, 0.3) is 0 Å². The number of pyridine rings is 1. The lowest BCUT2D eigenvalue weighted by atomic mass is 9.86. The van der Waals surface area contributed by atoms with Crippen LogP contribution in [0.2, 0.25) is 0 Å². The van der Waals surface area contributed by atoms with Gasteiger partial charge in [0.2, 0.25) is 0 Å². The summed E-state index contributed by atoms with van der Waals surface area (Å²) in [7, 11) is 2.05. The summed E-state index contributed by atoms with van der Waals surface area (Å²) < 4.78 is 7.56. The molecule has 1 saturated carbocycles. The normalized spacial score (nSPS) is 20.9. The van der Waals surface area contributed by atoms with Gasteiger partial charge in [-0.25, -0.2) is 4.52 Å². The first-order valence-electron chi connectivity index (χ1n) is 12.9. The van der Waals surface area contributed by atoms with Crippen LogP contribution in [0.4, 0.5) is 5.69 Å². The van der Waals surface area contributed by atoms with Crippen molar-refractivity contribution in [3.05, 3.63) is 58.3 Å². The zero-order valence-electron chi connectivity index (χ0n) is 21.3. The summed E-state index contributed by atoms with van der Waals surface area (Å²) in [6.45, 7) is 1.36.